The van der Waals surface area contributed by atoms with Crippen LogP contribution in [-0.4, -0.2) is 20.8 Å². The molecule has 0 amide bonds. The van der Waals surface area contributed by atoms with Crippen molar-refractivity contribution in [2.24, 2.45) is 0 Å². The normalized spacial score (nSPS) is 12.3. The van der Waals surface area contributed by atoms with E-state index in [1.807, 2.05) is 24.5 Å². The molecule has 96 valence electrons. The fraction of sp³-hybridized carbons (Fsp3) is 0.429. The summed E-state index contributed by atoms with van der Waals surface area (Å²) in [5.41, 5.74) is 1.08. The lowest BCUT2D eigenvalue weighted by molar-refractivity contribution is 0.622. The van der Waals surface area contributed by atoms with E-state index < -0.39 is 0 Å². The lowest BCUT2D eigenvalue weighted by atomic mass is 10.1. The van der Waals surface area contributed by atoms with Crippen LogP contribution in [0.5, 0.6) is 0 Å². The van der Waals surface area contributed by atoms with Crippen molar-refractivity contribution in [3.8, 4) is 5.82 Å². The van der Waals surface area contributed by atoms with Crippen LogP contribution < -0.4 is 5.32 Å². The van der Waals surface area contributed by atoms with Crippen LogP contribution in [0.3, 0.4) is 0 Å². The fourth-order valence-electron chi connectivity index (χ4n) is 1.97. The molecule has 1 atom stereocenters. The minimum Gasteiger partial charge on any atom is -0.381 e. The van der Waals surface area contributed by atoms with Gasteiger partial charge in [-0.2, -0.15) is 5.10 Å². The van der Waals surface area contributed by atoms with Gasteiger partial charge in [-0.25, -0.2) is 9.67 Å². The summed E-state index contributed by atoms with van der Waals surface area (Å²) in [6.45, 7) is 4.42. The van der Waals surface area contributed by atoms with Gasteiger partial charge in [-0.05, 0) is 31.0 Å². The van der Waals surface area contributed by atoms with E-state index in [1.54, 1.807) is 10.9 Å². The Morgan fingerprint density at radius 2 is 2.22 bits per heavy atom. The van der Waals surface area contributed by atoms with Crippen LogP contribution >= 0.6 is 0 Å². The SMILES string of the molecule is CCCC(CC)Nc1ccc(-n2cccn2)nc1. The summed E-state index contributed by atoms with van der Waals surface area (Å²) in [6, 6.07) is 6.46. The van der Waals surface area contributed by atoms with Crippen LogP contribution in [0.2, 0.25) is 0 Å². The van der Waals surface area contributed by atoms with Gasteiger partial charge in [0.2, 0.25) is 0 Å². The first kappa shape index (κ1) is 12.6. The third-order valence-electron chi connectivity index (χ3n) is 2.99. The molecule has 2 rings (SSSR count). The van der Waals surface area contributed by atoms with Crippen LogP contribution in [0.15, 0.2) is 36.8 Å². The van der Waals surface area contributed by atoms with Crippen LogP contribution in [0.1, 0.15) is 33.1 Å². The Balaban J connectivity index is 2.03. The zero-order valence-corrected chi connectivity index (χ0v) is 11.0. The first-order chi connectivity index (χ1) is 8.83. The van der Waals surface area contributed by atoms with Crippen LogP contribution in [0.4, 0.5) is 5.69 Å². The Kier molecular flexibility index (Phi) is 4.34. The summed E-state index contributed by atoms with van der Waals surface area (Å²) in [6.07, 6.45) is 9.04. The van der Waals surface area contributed by atoms with Crippen molar-refractivity contribution in [3.63, 3.8) is 0 Å². The maximum atomic E-state index is 4.41. The molecule has 4 heteroatoms. The molecule has 0 aliphatic heterocycles. The van der Waals surface area contributed by atoms with Gasteiger partial charge in [0, 0.05) is 18.4 Å². The molecule has 4 nitrogen and oxygen atoms in total. The molecule has 0 aliphatic carbocycles. The zero-order valence-electron chi connectivity index (χ0n) is 11.0. The van der Waals surface area contributed by atoms with Gasteiger partial charge in [0.05, 0.1) is 11.9 Å². The average Bonchev–Trinajstić information content (AvgIpc) is 2.93. The molecular weight excluding hydrogens is 224 g/mol. The van der Waals surface area contributed by atoms with E-state index in [9.17, 15) is 0 Å². The van der Waals surface area contributed by atoms with Gasteiger partial charge < -0.3 is 5.32 Å². The number of nitrogens with one attached hydrogen (secondary N) is 1. The number of aromatic nitrogens is 3. The zero-order chi connectivity index (χ0) is 12.8. The first-order valence-electron chi connectivity index (χ1n) is 6.56. The van der Waals surface area contributed by atoms with Crippen LogP contribution in [0.25, 0.3) is 5.82 Å². The van der Waals surface area contributed by atoms with Crippen LogP contribution in [-0.2, 0) is 0 Å². The summed E-state index contributed by atoms with van der Waals surface area (Å²) >= 11 is 0. The molecular formula is C14H20N4. The maximum absolute atomic E-state index is 4.41. The molecule has 2 heterocycles. The van der Waals surface area contributed by atoms with Gasteiger partial charge in [-0.15, -0.1) is 0 Å². The molecule has 0 saturated heterocycles. The summed E-state index contributed by atoms with van der Waals surface area (Å²) in [5.74, 6) is 0.842. The Labute approximate surface area is 108 Å². The van der Waals surface area contributed by atoms with Crippen molar-refractivity contribution in [2.75, 3.05) is 5.32 Å². The summed E-state index contributed by atoms with van der Waals surface area (Å²) in [5, 5.41) is 7.67. The Morgan fingerprint density at radius 3 is 2.78 bits per heavy atom. The third kappa shape index (κ3) is 3.09. The second kappa shape index (κ2) is 6.19. The number of rotatable bonds is 6. The highest BCUT2D eigenvalue weighted by Crippen LogP contribution is 2.13. The summed E-state index contributed by atoms with van der Waals surface area (Å²) in [7, 11) is 0. The smallest absolute Gasteiger partial charge is 0.153 e. The lowest BCUT2D eigenvalue weighted by Gasteiger charge is -2.17. The number of pyridine rings is 1. The van der Waals surface area contributed by atoms with Crippen molar-refractivity contribution >= 4 is 5.69 Å². The van der Waals surface area contributed by atoms with Gasteiger partial charge in [0.1, 0.15) is 0 Å². The minimum atomic E-state index is 0.535. The maximum Gasteiger partial charge on any atom is 0.153 e. The predicted molar refractivity (Wildman–Crippen MR) is 74.0 cm³/mol. The molecule has 0 fully saturated rings. The van der Waals surface area contributed by atoms with Crippen LogP contribution in [0, 0.1) is 0 Å². The lowest BCUT2D eigenvalue weighted by Crippen LogP contribution is -2.18. The van der Waals surface area contributed by atoms with E-state index in [0.29, 0.717) is 6.04 Å². The number of hydrogen-bond acceptors (Lipinski definition) is 3. The minimum absolute atomic E-state index is 0.535. The monoisotopic (exact) mass is 244 g/mol. The van der Waals surface area contributed by atoms with E-state index in [1.165, 1.54) is 12.8 Å². The van der Waals surface area contributed by atoms with Gasteiger partial charge in [0.15, 0.2) is 5.82 Å². The Bertz CT molecular complexity index is 447. The molecule has 0 radical (unpaired) electrons. The molecule has 0 aromatic carbocycles. The number of hydrogen-bond donors (Lipinski definition) is 1. The number of nitrogens with zero attached hydrogens (tertiary/aromatic N) is 3. The third-order valence-corrected chi connectivity index (χ3v) is 2.99. The summed E-state index contributed by atoms with van der Waals surface area (Å²) in [4.78, 5) is 4.41. The van der Waals surface area contributed by atoms with Gasteiger partial charge >= 0.3 is 0 Å². The average molecular weight is 244 g/mol. The largest absolute Gasteiger partial charge is 0.381 e. The second-order valence-electron chi connectivity index (χ2n) is 4.39. The summed E-state index contributed by atoms with van der Waals surface area (Å²) < 4.78 is 1.76. The van der Waals surface area contributed by atoms with Gasteiger partial charge in [-0.1, -0.05) is 20.3 Å². The molecule has 0 spiro atoms. The van der Waals surface area contributed by atoms with Crippen molar-refractivity contribution in [1.29, 1.82) is 0 Å². The van der Waals surface area contributed by atoms with E-state index >= 15 is 0 Å². The van der Waals surface area contributed by atoms with Gasteiger partial charge in [0.25, 0.3) is 0 Å². The topological polar surface area (TPSA) is 42.7 Å². The molecule has 0 bridgehead atoms. The van der Waals surface area contributed by atoms with E-state index in [4.69, 9.17) is 0 Å². The highest BCUT2D eigenvalue weighted by molar-refractivity contribution is 5.44. The Morgan fingerprint density at radius 1 is 1.33 bits per heavy atom. The second-order valence-corrected chi connectivity index (χ2v) is 4.39. The van der Waals surface area contributed by atoms with Crippen molar-refractivity contribution in [1.82, 2.24) is 14.8 Å². The highest BCUT2D eigenvalue weighted by atomic mass is 15.3. The van der Waals surface area contributed by atoms with E-state index in [-0.39, 0.29) is 0 Å². The van der Waals surface area contributed by atoms with E-state index in [2.05, 4.69) is 35.3 Å². The molecule has 2 aromatic rings. The van der Waals surface area contributed by atoms with E-state index in [0.717, 1.165) is 17.9 Å². The molecule has 0 aliphatic rings. The molecule has 1 N–H and O–H groups in total. The first-order valence-corrected chi connectivity index (χ1v) is 6.56. The standard InChI is InChI=1S/C14H20N4/c1-3-6-12(4-2)17-13-7-8-14(15-11-13)18-10-5-9-16-18/h5,7-12,17H,3-4,6H2,1-2H3. The predicted octanol–water partition coefficient (Wildman–Crippen LogP) is 3.26. The molecule has 2 aromatic heterocycles. The van der Waals surface area contributed by atoms with Gasteiger partial charge in [-0.3, -0.25) is 0 Å². The Hall–Kier alpha value is -1.84. The molecule has 18 heavy (non-hydrogen) atoms. The van der Waals surface area contributed by atoms with Crippen molar-refractivity contribution in [2.45, 2.75) is 39.2 Å². The van der Waals surface area contributed by atoms with Crippen molar-refractivity contribution in [3.05, 3.63) is 36.8 Å². The quantitative estimate of drug-likeness (QED) is 0.848. The highest BCUT2D eigenvalue weighted by Gasteiger charge is 2.05. The van der Waals surface area contributed by atoms with Crippen molar-refractivity contribution < 1.29 is 0 Å². The molecule has 0 saturated carbocycles. The number of anilines is 1. The fourth-order valence-corrected chi connectivity index (χ4v) is 1.97. The molecule has 1 unspecified atom stereocenters.